The molecule has 11 rings (SSSR count). The summed E-state index contributed by atoms with van der Waals surface area (Å²) in [6, 6.07) is 66.8. The van der Waals surface area contributed by atoms with Gasteiger partial charge < -0.3 is 0 Å². The zero-order valence-corrected chi connectivity index (χ0v) is 29.8. The van der Waals surface area contributed by atoms with Gasteiger partial charge in [0, 0.05) is 38.9 Å². The van der Waals surface area contributed by atoms with E-state index in [-0.39, 0.29) is 0 Å². The van der Waals surface area contributed by atoms with E-state index in [4.69, 9.17) is 10.1 Å². The third kappa shape index (κ3) is 5.26. The van der Waals surface area contributed by atoms with Gasteiger partial charge in [0.25, 0.3) is 0 Å². The molecule has 0 saturated carbocycles. The largest absolute Gasteiger partial charge is 0.254 e. The van der Waals surface area contributed by atoms with Crippen LogP contribution < -0.4 is 0 Å². The summed E-state index contributed by atoms with van der Waals surface area (Å²) in [7, 11) is 0. The fourth-order valence-electron chi connectivity index (χ4n) is 8.08. The lowest BCUT2D eigenvalue weighted by Gasteiger charge is -2.12. The lowest BCUT2D eigenvalue weighted by Crippen LogP contribution is -1.96. The highest BCUT2D eigenvalue weighted by atomic mass is 15.3. The number of hydrogen-bond donors (Lipinski definition) is 0. The van der Waals surface area contributed by atoms with Crippen molar-refractivity contribution in [1.29, 1.82) is 0 Å². The third-order valence-electron chi connectivity index (χ3n) is 10.8. The van der Waals surface area contributed by atoms with Crippen molar-refractivity contribution in [2.45, 2.75) is 0 Å². The Hall–Kier alpha value is -7.43. The fourth-order valence-corrected chi connectivity index (χ4v) is 8.08. The van der Waals surface area contributed by atoms with Crippen LogP contribution in [0.3, 0.4) is 0 Å². The zero-order valence-electron chi connectivity index (χ0n) is 29.8. The predicted molar refractivity (Wildman–Crippen MR) is 228 cm³/mol. The van der Waals surface area contributed by atoms with Crippen molar-refractivity contribution in [1.82, 2.24) is 19.7 Å². The van der Waals surface area contributed by atoms with Gasteiger partial charge in [-0.1, -0.05) is 146 Å². The SMILES string of the molecule is c1ccc(-c2nn(-c3ccccc3)c3c2c(-c2ccc(-c4ccc5ccc(-c6ccc7ccc8cccnc8c7n6)cc5c4)cc2)cc2ccccc23)cc1. The standard InChI is InChI=1S/C51H32N4/c1-3-10-36(11-4-1)48-47-45(32-40-12-7-8-16-44(40)51(47)55(54-48)43-14-5-2-6-15-43)35-21-17-33(18-22-35)39-25-19-34-20-26-41(31-42(34)30-39)46-28-27-38-24-23-37-13-9-29-52-49(37)50(38)53-46/h1-32H. The molecule has 0 fully saturated rings. The van der Waals surface area contributed by atoms with Crippen LogP contribution in [-0.2, 0) is 0 Å². The second-order valence-corrected chi connectivity index (χ2v) is 14.1. The number of rotatable bonds is 5. The van der Waals surface area contributed by atoms with Crippen molar-refractivity contribution in [2.24, 2.45) is 0 Å². The van der Waals surface area contributed by atoms with E-state index in [1.165, 1.54) is 27.1 Å². The smallest absolute Gasteiger partial charge is 0.101 e. The monoisotopic (exact) mass is 700 g/mol. The Morgan fingerprint density at radius 3 is 1.87 bits per heavy atom. The Bertz CT molecular complexity index is 3240. The second-order valence-electron chi connectivity index (χ2n) is 14.1. The molecule has 3 heterocycles. The van der Waals surface area contributed by atoms with Gasteiger partial charge in [-0.2, -0.15) is 5.10 Å². The van der Waals surface area contributed by atoms with Crippen molar-refractivity contribution in [3.63, 3.8) is 0 Å². The van der Waals surface area contributed by atoms with Crippen molar-refractivity contribution in [3.05, 3.63) is 194 Å². The maximum Gasteiger partial charge on any atom is 0.101 e. The summed E-state index contributed by atoms with van der Waals surface area (Å²) in [5.74, 6) is 0. The minimum Gasteiger partial charge on any atom is -0.254 e. The van der Waals surface area contributed by atoms with Crippen molar-refractivity contribution in [2.75, 3.05) is 0 Å². The molecule has 0 radical (unpaired) electrons. The number of para-hydroxylation sites is 1. The number of hydrogen-bond acceptors (Lipinski definition) is 3. The van der Waals surface area contributed by atoms with E-state index in [9.17, 15) is 0 Å². The molecule has 0 bridgehead atoms. The van der Waals surface area contributed by atoms with Gasteiger partial charge in [0.2, 0.25) is 0 Å². The molecular weight excluding hydrogens is 669 g/mol. The van der Waals surface area contributed by atoms with E-state index in [1.54, 1.807) is 0 Å². The molecule has 0 amide bonds. The molecular formula is C51H32N4. The van der Waals surface area contributed by atoms with Crippen molar-refractivity contribution >= 4 is 54.3 Å². The highest BCUT2D eigenvalue weighted by Crippen LogP contribution is 2.42. The van der Waals surface area contributed by atoms with Gasteiger partial charge in [0.1, 0.15) is 5.69 Å². The maximum atomic E-state index is 5.33. The first-order valence-corrected chi connectivity index (χ1v) is 18.6. The van der Waals surface area contributed by atoms with Crippen LogP contribution in [0.15, 0.2) is 194 Å². The molecule has 0 unspecified atom stereocenters. The van der Waals surface area contributed by atoms with Gasteiger partial charge in [-0.25, -0.2) is 9.67 Å². The fraction of sp³-hybridized carbons (Fsp3) is 0. The molecule has 0 aliphatic rings. The van der Waals surface area contributed by atoms with E-state index in [2.05, 4.69) is 186 Å². The average Bonchev–Trinajstić information content (AvgIpc) is 3.67. The first kappa shape index (κ1) is 31.1. The lowest BCUT2D eigenvalue weighted by atomic mass is 9.92. The van der Waals surface area contributed by atoms with Crippen LogP contribution in [0.5, 0.6) is 0 Å². The molecule has 0 saturated heterocycles. The minimum atomic E-state index is 0.927. The summed E-state index contributed by atoms with van der Waals surface area (Å²) in [5, 5.41) is 13.4. The van der Waals surface area contributed by atoms with Gasteiger partial charge in [-0.3, -0.25) is 4.98 Å². The van der Waals surface area contributed by atoms with Crippen LogP contribution in [0.1, 0.15) is 0 Å². The number of aromatic nitrogens is 4. The van der Waals surface area contributed by atoms with Crippen LogP contribution >= 0.6 is 0 Å². The van der Waals surface area contributed by atoms with E-state index >= 15 is 0 Å². The Morgan fingerprint density at radius 1 is 0.400 bits per heavy atom. The molecule has 4 heteroatoms. The molecule has 0 aliphatic carbocycles. The summed E-state index contributed by atoms with van der Waals surface area (Å²) >= 11 is 0. The van der Waals surface area contributed by atoms with E-state index < -0.39 is 0 Å². The normalized spacial score (nSPS) is 11.6. The van der Waals surface area contributed by atoms with Gasteiger partial charge in [-0.15, -0.1) is 0 Å². The summed E-state index contributed by atoms with van der Waals surface area (Å²) in [6.45, 7) is 0. The molecule has 4 nitrogen and oxygen atoms in total. The van der Waals surface area contributed by atoms with Gasteiger partial charge in [0.15, 0.2) is 0 Å². The Labute approximate surface area is 317 Å². The molecule has 11 aromatic rings. The van der Waals surface area contributed by atoms with Crippen LogP contribution in [-0.4, -0.2) is 19.7 Å². The van der Waals surface area contributed by atoms with Crippen LogP contribution in [0.4, 0.5) is 0 Å². The minimum absolute atomic E-state index is 0.927. The highest BCUT2D eigenvalue weighted by molar-refractivity contribution is 6.17. The summed E-state index contributed by atoms with van der Waals surface area (Å²) in [5.41, 5.74) is 12.7. The van der Waals surface area contributed by atoms with Crippen molar-refractivity contribution in [3.8, 4) is 50.5 Å². The molecule has 3 aromatic heterocycles. The van der Waals surface area contributed by atoms with E-state index in [0.29, 0.717) is 0 Å². The quantitative estimate of drug-likeness (QED) is 0.168. The summed E-state index contributed by atoms with van der Waals surface area (Å²) in [6.07, 6.45) is 1.84. The van der Waals surface area contributed by atoms with Gasteiger partial charge in [0.05, 0.1) is 27.9 Å². The Balaban J connectivity index is 1.02. The Kier molecular flexibility index (Phi) is 7.14. The molecule has 0 spiro atoms. The van der Waals surface area contributed by atoms with Crippen LogP contribution in [0, 0.1) is 0 Å². The molecule has 0 atom stereocenters. The van der Waals surface area contributed by atoms with E-state index in [0.717, 1.165) is 77.6 Å². The molecule has 0 aliphatic heterocycles. The summed E-state index contributed by atoms with van der Waals surface area (Å²) in [4.78, 5) is 9.77. The predicted octanol–water partition coefficient (Wildman–Crippen LogP) is 13.1. The first-order chi connectivity index (χ1) is 27.2. The number of benzene rings is 8. The second kappa shape index (κ2) is 12.6. The van der Waals surface area contributed by atoms with Crippen LogP contribution in [0.25, 0.3) is 105 Å². The lowest BCUT2D eigenvalue weighted by molar-refractivity contribution is 0.918. The number of pyridine rings is 2. The van der Waals surface area contributed by atoms with E-state index in [1.807, 2.05) is 18.3 Å². The highest BCUT2D eigenvalue weighted by Gasteiger charge is 2.21. The molecule has 8 aromatic carbocycles. The third-order valence-corrected chi connectivity index (χ3v) is 10.8. The molecule has 55 heavy (non-hydrogen) atoms. The maximum absolute atomic E-state index is 5.33. The van der Waals surface area contributed by atoms with Crippen LogP contribution in [0.2, 0.25) is 0 Å². The van der Waals surface area contributed by atoms with Gasteiger partial charge >= 0.3 is 0 Å². The average molecular weight is 701 g/mol. The molecule has 0 N–H and O–H groups in total. The van der Waals surface area contributed by atoms with Crippen molar-refractivity contribution < 1.29 is 0 Å². The van der Waals surface area contributed by atoms with Gasteiger partial charge in [-0.05, 0) is 80.9 Å². The zero-order chi connectivity index (χ0) is 36.3. The first-order valence-electron chi connectivity index (χ1n) is 18.6. The topological polar surface area (TPSA) is 43.6 Å². The number of nitrogens with zero attached hydrogens (tertiary/aromatic N) is 4. The summed E-state index contributed by atoms with van der Waals surface area (Å²) < 4.78 is 2.12. The Morgan fingerprint density at radius 2 is 1.04 bits per heavy atom. The molecule has 256 valence electrons. The number of fused-ring (bicyclic) bond motifs is 7.